The Morgan fingerprint density at radius 2 is 1.96 bits per heavy atom. The largest absolute Gasteiger partial charge is 0.492 e. The summed E-state index contributed by atoms with van der Waals surface area (Å²) in [5, 5.41) is 7.16. The molecule has 6 nitrogen and oxygen atoms in total. The molecule has 2 aromatic heterocycles. The van der Waals surface area contributed by atoms with Gasteiger partial charge in [0.05, 0.1) is 17.8 Å². The molecule has 118 valence electrons. The molecule has 0 unspecified atom stereocenters. The summed E-state index contributed by atoms with van der Waals surface area (Å²) in [5.41, 5.74) is 1.63. The van der Waals surface area contributed by atoms with E-state index >= 15 is 0 Å². The lowest BCUT2D eigenvalue weighted by Gasteiger charge is -2.08. The number of aryl methyl sites for hydroxylation is 2. The van der Waals surface area contributed by atoms with Gasteiger partial charge in [-0.2, -0.15) is 0 Å². The van der Waals surface area contributed by atoms with Crippen LogP contribution >= 0.6 is 0 Å². The SMILES string of the molecule is Cc1noc(C)c1-c1nccc(NCCOc2ccccc2)n1. The molecular weight excluding hydrogens is 292 g/mol. The van der Waals surface area contributed by atoms with Crippen LogP contribution in [0.1, 0.15) is 11.5 Å². The molecule has 0 spiro atoms. The summed E-state index contributed by atoms with van der Waals surface area (Å²) >= 11 is 0. The molecule has 6 heteroatoms. The van der Waals surface area contributed by atoms with Gasteiger partial charge in [0.25, 0.3) is 0 Å². The summed E-state index contributed by atoms with van der Waals surface area (Å²) in [6, 6.07) is 11.5. The molecule has 0 radical (unpaired) electrons. The first-order valence-electron chi connectivity index (χ1n) is 7.42. The van der Waals surface area contributed by atoms with E-state index in [1.165, 1.54) is 0 Å². The quantitative estimate of drug-likeness (QED) is 0.705. The van der Waals surface area contributed by atoms with Gasteiger partial charge >= 0.3 is 0 Å². The number of hydrogen-bond donors (Lipinski definition) is 1. The monoisotopic (exact) mass is 310 g/mol. The standard InChI is InChI=1S/C17H18N4O2/c1-12-16(13(2)23-21-12)17-19-9-8-15(20-17)18-10-11-22-14-6-4-3-5-7-14/h3-9H,10-11H2,1-2H3,(H,18,19,20). The van der Waals surface area contributed by atoms with Crippen molar-refractivity contribution in [1.82, 2.24) is 15.1 Å². The molecule has 2 heterocycles. The maximum absolute atomic E-state index is 5.64. The van der Waals surface area contributed by atoms with Crippen LogP contribution in [0.5, 0.6) is 5.75 Å². The number of hydrogen-bond acceptors (Lipinski definition) is 6. The van der Waals surface area contributed by atoms with Crippen LogP contribution in [0, 0.1) is 13.8 Å². The van der Waals surface area contributed by atoms with Crippen molar-refractivity contribution in [3.05, 3.63) is 54.0 Å². The third-order valence-electron chi connectivity index (χ3n) is 3.33. The molecule has 0 fully saturated rings. The number of ether oxygens (including phenoxy) is 1. The van der Waals surface area contributed by atoms with Crippen LogP contribution in [0.25, 0.3) is 11.4 Å². The summed E-state index contributed by atoms with van der Waals surface area (Å²) in [4.78, 5) is 8.80. The van der Waals surface area contributed by atoms with E-state index < -0.39 is 0 Å². The Labute approximate surface area is 134 Å². The molecule has 0 saturated carbocycles. The number of anilines is 1. The molecule has 0 bridgehead atoms. The van der Waals surface area contributed by atoms with Crippen LogP contribution in [-0.4, -0.2) is 28.3 Å². The minimum Gasteiger partial charge on any atom is -0.492 e. The topological polar surface area (TPSA) is 73.1 Å². The van der Waals surface area contributed by atoms with E-state index in [0.29, 0.717) is 24.7 Å². The molecule has 23 heavy (non-hydrogen) atoms. The number of benzene rings is 1. The second kappa shape index (κ2) is 6.91. The van der Waals surface area contributed by atoms with E-state index in [2.05, 4.69) is 20.4 Å². The fraction of sp³-hybridized carbons (Fsp3) is 0.235. The highest BCUT2D eigenvalue weighted by atomic mass is 16.5. The van der Waals surface area contributed by atoms with E-state index in [-0.39, 0.29) is 0 Å². The first-order chi connectivity index (χ1) is 11.2. The van der Waals surface area contributed by atoms with Gasteiger partial charge in [0, 0.05) is 6.20 Å². The van der Waals surface area contributed by atoms with Crippen molar-refractivity contribution in [2.24, 2.45) is 0 Å². The lowest BCUT2D eigenvalue weighted by molar-refractivity contribution is 0.333. The van der Waals surface area contributed by atoms with E-state index in [9.17, 15) is 0 Å². The Morgan fingerprint density at radius 3 is 2.70 bits per heavy atom. The van der Waals surface area contributed by atoms with E-state index in [0.717, 1.165) is 22.8 Å². The van der Waals surface area contributed by atoms with Crippen LogP contribution in [0.2, 0.25) is 0 Å². The van der Waals surface area contributed by atoms with Crippen molar-refractivity contribution < 1.29 is 9.26 Å². The minimum atomic E-state index is 0.550. The maximum Gasteiger partial charge on any atom is 0.166 e. The third-order valence-corrected chi connectivity index (χ3v) is 3.33. The lowest BCUT2D eigenvalue weighted by atomic mass is 10.2. The molecule has 3 aromatic rings. The predicted molar refractivity (Wildman–Crippen MR) is 87.4 cm³/mol. The molecule has 1 aromatic carbocycles. The maximum atomic E-state index is 5.64. The molecule has 0 aliphatic rings. The zero-order valence-corrected chi connectivity index (χ0v) is 13.1. The summed E-state index contributed by atoms with van der Waals surface area (Å²) in [7, 11) is 0. The van der Waals surface area contributed by atoms with Crippen molar-refractivity contribution in [3.63, 3.8) is 0 Å². The Morgan fingerprint density at radius 1 is 1.13 bits per heavy atom. The zero-order chi connectivity index (χ0) is 16.1. The van der Waals surface area contributed by atoms with Gasteiger partial charge in [-0.1, -0.05) is 23.4 Å². The molecule has 1 N–H and O–H groups in total. The van der Waals surface area contributed by atoms with Crippen LogP contribution in [0.3, 0.4) is 0 Å². The molecule has 0 aliphatic heterocycles. The average molecular weight is 310 g/mol. The zero-order valence-electron chi connectivity index (χ0n) is 13.1. The second-order valence-electron chi connectivity index (χ2n) is 5.05. The van der Waals surface area contributed by atoms with Crippen molar-refractivity contribution >= 4 is 5.82 Å². The van der Waals surface area contributed by atoms with Crippen LogP contribution < -0.4 is 10.1 Å². The Hall–Kier alpha value is -2.89. The number of aromatic nitrogens is 3. The highest BCUT2D eigenvalue weighted by molar-refractivity contribution is 5.61. The molecule has 0 aliphatic carbocycles. The number of nitrogens with zero attached hydrogens (tertiary/aromatic N) is 3. The van der Waals surface area contributed by atoms with Crippen molar-refractivity contribution in [2.45, 2.75) is 13.8 Å². The van der Waals surface area contributed by atoms with Gasteiger partial charge in [0.1, 0.15) is 23.9 Å². The first-order valence-corrected chi connectivity index (χ1v) is 7.42. The summed E-state index contributed by atoms with van der Waals surface area (Å²) in [6.45, 7) is 4.93. The Kier molecular flexibility index (Phi) is 4.52. The van der Waals surface area contributed by atoms with Crippen LogP contribution in [0.15, 0.2) is 47.1 Å². The van der Waals surface area contributed by atoms with Gasteiger partial charge in [-0.3, -0.25) is 0 Å². The van der Waals surface area contributed by atoms with Gasteiger partial charge in [0.15, 0.2) is 5.82 Å². The van der Waals surface area contributed by atoms with Gasteiger partial charge in [-0.15, -0.1) is 0 Å². The third kappa shape index (κ3) is 3.66. The molecule has 0 atom stereocenters. The lowest BCUT2D eigenvalue weighted by Crippen LogP contribution is -2.12. The van der Waals surface area contributed by atoms with Gasteiger partial charge in [-0.25, -0.2) is 9.97 Å². The Bertz CT molecular complexity index is 752. The highest BCUT2D eigenvalue weighted by Crippen LogP contribution is 2.23. The van der Waals surface area contributed by atoms with Gasteiger partial charge in [0.2, 0.25) is 0 Å². The molecular formula is C17H18N4O2. The second-order valence-corrected chi connectivity index (χ2v) is 5.05. The van der Waals surface area contributed by atoms with Crippen molar-refractivity contribution in [1.29, 1.82) is 0 Å². The van der Waals surface area contributed by atoms with Crippen LogP contribution in [0.4, 0.5) is 5.82 Å². The molecule has 0 amide bonds. The fourth-order valence-corrected chi connectivity index (χ4v) is 2.24. The molecule has 3 rings (SSSR count). The van der Waals surface area contributed by atoms with Gasteiger partial charge in [-0.05, 0) is 32.0 Å². The summed E-state index contributed by atoms with van der Waals surface area (Å²) < 4.78 is 10.8. The number of para-hydroxylation sites is 1. The van der Waals surface area contributed by atoms with Crippen LogP contribution in [-0.2, 0) is 0 Å². The van der Waals surface area contributed by atoms with E-state index in [4.69, 9.17) is 9.26 Å². The molecule has 0 saturated heterocycles. The smallest absolute Gasteiger partial charge is 0.166 e. The highest BCUT2D eigenvalue weighted by Gasteiger charge is 2.14. The average Bonchev–Trinajstić information content (AvgIpc) is 2.92. The van der Waals surface area contributed by atoms with E-state index in [1.54, 1.807) is 6.20 Å². The minimum absolute atomic E-state index is 0.550. The number of nitrogens with one attached hydrogen (secondary N) is 1. The first kappa shape index (κ1) is 15.0. The van der Waals surface area contributed by atoms with Crippen molar-refractivity contribution in [2.75, 3.05) is 18.5 Å². The normalized spacial score (nSPS) is 10.5. The Balaban J connectivity index is 1.60. The fourth-order valence-electron chi connectivity index (χ4n) is 2.24. The van der Waals surface area contributed by atoms with Gasteiger partial charge < -0.3 is 14.6 Å². The summed E-state index contributed by atoms with van der Waals surface area (Å²) in [6.07, 6.45) is 1.72. The summed E-state index contributed by atoms with van der Waals surface area (Å²) in [5.74, 6) is 2.92. The number of rotatable bonds is 6. The predicted octanol–water partition coefficient (Wildman–Crippen LogP) is 3.24. The van der Waals surface area contributed by atoms with E-state index in [1.807, 2.05) is 50.2 Å². The van der Waals surface area contributed by atoms with Crippen molar-refractivity contribution in [3.8, 4) is 17.1 Å².